The number of benzene rings is 2. The number of hydrogen-bond donors (Lipinski definition) is 3. The first-order valence-electron chi connectivity index (χ1n) is 20.2. The Labute approximate surface area is 337 Å². The minimum absolute atomic E-state index is 0.00383. The van der Waals surface area contributed by atoms with E-state index in [4.69, 9.17) is 19.2 Å². The standard InChI is InChI=1S/C43H49N5O9S/c1-55-37-24-35-32-21-28(37)15-9-6-12-20-56-42(52)45-33-17-11-4-2-3-10-16-29-25-43(29,41(51)47-58(53,54)31-18-19-31)46-39(49)36-22-30(26-48(36)40(33)50)57-38(32)23-34(44-35)27-13-7-5-8-14-27/h5,7-10,13-16,21,23-24,29-31,33,36H,2-4,6,11-12,17-20,22,25-26H2,1H3,(H,45,52)(H,46,49)(H,47,51)/b15-9+,16-10-/t29-,30-,33+,36+,43-/m1/s1. The Morgan fingerprint density at radius 1 is 1.00 bits per heavy atom. The molecule has 1 aromatic heterocycles. The fraction of sp³-hybridized carbons (Fsp3) is 0.465. The van der Waals surface area contributed by atoms with Gasteiger partial charge in [-0.05, 0) is 57.4 Å². The van der Waals surface area contributed by atoms with Gasteiger partial charge in [-0.25, -0.2) is 18.2 Å². The van der Waals surface area contributed by atoms with E-state index in [1.165, 1.54) is 4.90 Å². The van der Waals surface area contributed by atoms with Crippen LogP contribution in [0.5, 0.6) is 11.5 Å². The highest BCUT2D eigenvalue weighted by atomic mass is 32.2. The molecular weight excluding hydrogens is 763 g/mol. The van der Waals surface area contributed by atoms with Crippen LogP contribution in [0.25, 0.3) is 28.2 Å². The number of nitrogens with zero attached hydrogens (tertiary/aromatic N) is 2. The van der Waals surface area contributed by atoms with Crippen LogP contribution >= 0.6 is 0 Å². The van der Waals surface area contributed by atoms with Gasteiger partial charge in [0.1, 0.15) is 35.2 Å². The first-order valence-corrected chi connectivity index (χ1v) is 21.8. The molecule has 3 N–H and O–H groups in total. The molecule has 0 radical (unpaired) electrons. The van der Waals surface area contributed by atoms with Crippen LogP contribution in [-0.2, 0) is 29.1 Å². The molecule has 5 bridgehead atoms. The third-order valence-electron chi connectivity index (χ3n) is 11.7. The van der Waals surface area contributed by atoms with Gasteiger partial charge in [-0.3, -0.25) is 19.1 Å². The lowest BCUT2D eigenvalue weighted by atomic mass is 10.0. The van der Waals surface area contributed by atoms with Gasteiger partial charge in [0.25, 0.3) is 5.91 Å². The fourth-order valence-electron chi connectivity index (χ4n) is 8.19. The second-order valence-electron chi connectivity index (χ2n) is 15.9. The predicted octanol–water partition coefficient (Wildman–Crippen LogP) is 5.16. The number of sulfonamides is 1. The van der Waals surface area contributed by atoms with Gasteiger partial charge in [0, 0.05) is 41.0 Å². The number of allylic oxidation sites excluding steroid dienone is 2. The van der Waals surface area contributed by atoms with Gasteiger partial charge in [0.15, 0.2) is 0 Å². The number of aromatic nitrogens is 1. The lowest BCUT2D eigenvalue weighted by molar-refractivity contribution is -0.141. The van der Waals surface area contributed by atoms with Crippen molar-refractivity contribution < 1.29 is 41.8 Å². The van der Waals surface area contributed by atoms with Crippen molar-refractivity contribution in [2.45, 2.75) is 99.6 Å². The third-order valence-corrected chi connectivity index (χ3v) is 13.5. The summed E-state index contributed by atoms with van der Waals surface area (Å²) in [5.74, 6) is -1.20. The van der Waals surface area contributed by atoms with Crippen molar-refractivity contribution in [2.24, 2.45) is 5.92 Å². The van der Waals surface area contributed by atoms with E-state index in [0.29, 0.717) is 73.0 Å². The normalized spacial score (nSPS) is 27.9. The quantitative estimate of drug-likeness (QED) is 0.291. The number of carbonyl (C=O) groups excluding carboxylic acids is 4. The van der Waals surface area contributed by atoms with Gasteiger partial charge >= 0.3 is 6.09 Å². The SMILES string of the molecule is COc1cc2nc(-c3ccccc3)cc3c2cc1/C=C/CCCOC(=O)N[C@H]1CCCCC/C=C\[C@@H]2C[C@@]2(C(=O)NS(=O)(=O)C2CC2)NC(=O)[C@@H]2C[C@H](CN2C1=O)O3. The van der Waals surface area contributed by atoms with E-state index >= 15 is 0 Å². The molecule has 5 aliphatic rings. The Kier molecular flexibility index (Phi) is 11.2. The number of ether oxygens (including phenoxy) is 3. The first-order chi connectivity index (χ1) is 28.0. The summed E-state index contributed by atoms with van der Waals surface area (Å²) in [4.78, 5) is 62.6. The van der Waals surface area contributed by atoms with E-state index < -0.39 is 68.7 Å². The first kappa shape index (κ1) is 39.4. The van der Waals surface area contributed by atoms with E-state index in [9.17, 15) is 27.6 Å². The predicted molar refractivity (Wildman–Crippen MR) is 216 cm³/mol. The minimum Gasteiger partial charge on any atom is -0.496 e. The van der Waals surface area contributed by atoms with E-state index in [1.54, 1.807) is 7.11 Å². The van der Waals surface area contributed by atoms with Crippen LogP contribution in [0.4, 0.5) is 4.79 Å². The Morgan fingerprint density at radius 2 is 1.81 bits per heavy atom. The molecule has 4 amide bonds. The monoisotopic (exact) mass is 811 g/mol. The maximum atomic E-state index is 14.6. The summed E-state index contributed by atoms with van der Waals surface area (Å²) in [5, 5.41) is 5.77. The molecule has 2 saturated carbocycles. The van der Waals surface area contributed by atoms with Crippen LogP contribution in [0, 0.1) is 5.92 Å². The number of fused-ring (bicyclic) bond motifs is 4. The number of methoxy groups -OCH3 is 1. The van der Waals surface area contributed by atoms with Crippen molar-refractivity contribution in [1.82, 2.24) is 25.2 Å². The molecule has 2 aliphatic carbocycles. The van der Waals surface area contributed by atoms with Gasteiger partial charge < -0.3 is 29.7 Å². The number of hydrogen-bond acceptors (Lipinski definition) is 10. The van der Waals surface area contributed by atoms with Gasteiger partial charge in [-0.2, -0.15) is 0 Å². The summed E-state index contributed by atoms with van der Waals surface area (Å²) in [6.45, 7) is 0.122. The summed E-state index contributed by atoms with van der Waals surface area (Å²) in [6.07, 6.45) is 11.9. The Balaban J connectivity index is 1.19. The highest BCUT2D eigenvalue weighted by Gasteiger charge is 2.62. The molecule has 58 heavy (non-hydrogen) atoms. The summed E-state index contributed by atoms with van der Waals surface area (Å²) in [6, 6.07) is 13.2. The molecule has 8 rings (SSSR count). The van der Waals surface area contributed by atoms with Crippen molar-refractivity contribution in [3.05, 3.63) is 72.3 Å². The highest BCUT2D eigenvalue weighted by Crippen LogP contribution is 2.46. The molecule has 5 atom stereocenters. The van der Waals surface area contributed by atoms with Gasteiger partial charge in [-0.1, -0.05) is 67.5 Å². The molecule has 15 heteroatoms. The summed E-state index contributed by atoms with van der Waals surface area (Å²) < 4.78 is 46.2. The summed E-state index contributed by atoms with van der Waals surface area (Å²) in [5.41, 5.74) is 1.42. The maximum Gasteiger partial charge on any atom is 0.407 e. The van der Waals surface area contributed by atoms with E-state index in [1.807, 2.05) is 72.8 Å². The lowest BCUT2D eigenvalue weighted by Crippen LogP contribution is -2.58. The molecule has 0 unspecified atom stereocenters. The average Bonchev–Trinajstić information content (AvgIpc) is 4.14. The minimum atomic E-state index is -3.90. The molecule has 4 heterocycles. The molecule has 2 aromatic carbocycles. The number of pyridine rings is 1. The van der Waals surface area contributed by atoms with Gasteiger partial charge in [0.05, 0.1) is 36.7 Å². The van der Waals surface area contributed by atoms with E-state index in [2.05, 4.69) is 15.4 Å². The maximum absolute atomic E-state index is 14.6. The van der Waals surface area contributed by atoms with Crippen LogP contribution in [0.15, 0.2) is 66.8 Å². The topological polar surface area (TPSA) is 182 Å². The largest absolute Gasteiger partial charge is 0.496 e. The number of rotatable bonds is 5. The average molecular weight is 812 g/mol. The second kappa shape index (κ2) is 16.4. The molecule has 1 saturated heterocycles. The molecule has 3 fully saturated rings. The van der Waals surface area contributed by atoms with E-state index in [-0.39, 0.29) is 26.0 Å². The number of nitrogens with one attached hydrogen (secondary N) is 3. The smallest absolute Gasteiger partial charge is 0.407 e. The third kappa shape index (κ3) is 8.40. The number of cyclic esters (lactones) is 1. The molecule has 306 valence electrons. The van der Waals surface area contributed by atoms with Crippen LogP contribution in [0.2, 0.25) is 0 Å². The number of alkyl carbamates (subject to hydrolysis) is 1. The number of amides is 4. The fourth-order valence-corrected chi connectivity index (χ4v) is 9.55. The van der Waals surface area contributed by atoms with Crippen molar-refractivity contribution in [2.75, 3.05) is 20.3 Å². The van der Waals surface area contributed by atoms with Crippen molar-refractivity contribution in [3.8, 4) is 22.8 Å². The zero-order valence-corrected chi connectivity index (χ0v) is 33.3. The summed E-state index contributed by atoms with van der Waals surface area (Å²) >= 11 is 0. The van der Waals surface area contributed by atoms with Crippen LogP contribution in [0.3, 0.4) is 0 Å². The van der Waals surface area contributed by atoms with Crippen molar-refractivity contribution in [3.63, 3.8) is 0 Å². The molecule has 0 spiro atoms. The van der Waals surface area contributed by atoms with Gasteiger partial charge in [0.2, 0.25) is 21.8 Å². The van der Waals surface area contributed by atoms with Crippen molar-refractivity contribution >= 4 is 50.8 Å². The van der Waals surface area contributed by atoms with E-state index in [0.717, 1.165) is 24.0 Å². The summed E-state index contributed by atoms with van der Waals surface area (Å²) in [7, 11) is -2.31. The van der Waals surface area contributed by atoms with Crippen molar-refractivity contribution in [1.29, 1.82) is 0 Å². The lowest BCUT2D eigenvalue weighted by Gasteiger charge is -2.29. The second-order valence-corrected chi connectivity index (χ2v) is 17.8. The van der Waals surface area contributed by atoms with Crippen LogP contribution in [-0.4, -0.2) is 91.4 Å². The van der Waals surface area contributed by atoms with Crippen LogP contribution in [0.1, 0.15) is 76.2 Å². The Morgan fingerprint density at radius 3 is 2.60 bits per heavy atom. The zero-order valence-electron chi connectivity index (χ0n) is 32.5. The molecule has 3 aromatic rings. The Bertz CT molecular complexity index is 2260. The van der Waals surface area contributed by atoms with Gasteiger partial charge in [-0.15, -0.1) is 0 Å². The number of carbonyl (C=O) groups is 4. The highest BCUT2D eigenvalue weighted by molar-refractivity contribution is 7.91. The molecular formula is C43H49N5O9S. The molecule has 14 nitrogen and oxygen atoms in total. The van der Waals surface area contributed by atoms with Crippen LogP contribution < -0.4 is 24.8 Å². The zero-order chi connectivity index (χ0) is 40.4. The Hall–Kier alpha value is -5.44. The molecule has 3 aliphatic heterocycles.